The Morgan fingerprint density at radius 3 is 1.47 bits per heavy atom. The Morgan fingerprint density at radius 1 is 0.688 bits per heavy atom. The molecule has 0 aliphatic rings. The lowest BCUT2D eigenvalue weighted by Gasteiger charge is -2.00. The lowest BCUT2D eigenvalue weighted by atomic mass is 10.1. The second-order valence-corrected chi connectivity index (χ2v) is 6.52. The molecular weight excluding hydrogens is 416 g/mol. The number of nitrogens with one attached hydrogen (secondary N) is 2. The van der Waals surface area contributed by atoms with Gasteiger partial charge in [-0.15, -0.1) is 0 Å². The minimum Gasteiger partial charge on any atom is -0.415 e. The molecule has 0 saturated carbocycles. The molecule has 0 atom stereocenters. The summed E-state index contributed by atoms with van der Waals surface area (Å²) in [4.78, 5) is 52.7. The first-order valence-corrected chi connectivity index (χ1v) is 9.10. The van der Waals surface area contributed by atoms with E-state index in [0.29, 0.717) is 21.8 Å². The highest BCUT2D eigenvalue weighted by Crippen LogP contribution is 2.28. The molecule has 0 fully saturated rings. The highest BCUT2D eigenvalue weighted by molar-refractivity contribution is 6.08. The van der Waals surface area contributed by atoms with Crippen LogP contribution in [0.4, 0.5) is 0 Å². The molecule has 158 valence electrons. The molecule has 2 amide bonds. The van der Waals surface area contributed by atoms with Crippen LogP contribution in [0.1, 0.15) is 20.7 Å². The largest absolute Gasteiger partial charge is 0.415 e. The molecule has 0 unspecified atom stereocenters. The summed E-state index contributed by atoms with van der Waals surface area (Å²) in [5, 5.41) is 0.895. The minimum absolute atomic E-state index is 0.117. The van der Waals surface area contributed by atoms with Crippen LogP contribution < -0.4 is 20.9 Å². The van der Waals surface area contributed by atoms with E-state index in [1.165, 1.54) is 24.5 Å². The number of aromatic amines is 2. The number of fused-ring (bicyclic) bond motifs is 2. The fourth-order valence-corrected chi connectivity index (χ4v) is 3.19. The van der Waals surface area contributed by atoms with E-state index in [1.54, 1.807) is 24.3 Å². The van der Waals surface area contributed by atoms with E-state index in [2.05, 4.69) is 9.97 Å². The van der Waals surface area contributed by atoms with Gasteiger partial charge in [0.25, 0.3) is 11.8 Å². The molecule has 6 N–H and O–H groups in total. The number of amides is 2. The number of hydrogen-bond acceptors (Lipinski definition) is 6. The number of para-hydroxylation sites is 2. The van der Waals surface area contributed by atoms with Gasteiger partial charge in [0, 0.05) is 35.0 Å². The fraction of sp³-hybridized carbons (Fsp3) is 0. The maximum Gasteiger partial charge on any atom is 0.390 e. The van der Waals surface area contributed by atoms with Gasteiger partial charge in [-0.1, -0.05) is 12.1 Å². The van der Waals surface area contributed by atoms with E-state index in [4.69, 9.17) is 20.9 Å². The second-order valence-electron chi connectivity index (χ2n) is 6.52. The lowest BCUT2D eigenvalue weighted by molar-refractivity contribution is -0.129. The number of primary amides is 2. The number of ether oxygens (including phenoxy) is 2. The Morgan fingerprint density at radius 2 is 1.09 bits per heavy atom. The number of nitrogens with two attached hydrogens (primary N) is 2. The number of esters is 2. The van der Waals surface area contributed by atoms with Crippen molar-refractivity contribution < 1.29 is 28.7 Å². The summed E-state index contributed by atoms with van der Waals surface area (Å²) in [6, 6.07) is 9.47. The molecule has 0 aliphatic carbocycles. The third-order valence-electron chi connectivity index (χ3n) is 4.56. The van der Waals surface area contributed by atoms with Crippen molar-refractivity contribution >= 4 is 45.6 Å². The maximum atomic E-state index is 12.0. The van der Waals surface area contributed by atoms with Gasteiger partial charge in [-0.05, 0) is 24.3 Å². The van der Waals surface area contributed by atoms with Gasteiger partial charge < -0.3 is 30.9 Å². The normalized spacial score (nSPS) is 10.4. The van der Waals surface area contributed by atoms with Crippen molar-refractivity contribution in [3.05, 3.63) is 59.9 Å². The van der Waals surface area contributed by atoms with Gasteiger partial charge in [-0.2, -0.15) is 0 Å². The van der Waals surface area contributed by atoms with Crippen molar-refractivity contribution in [3.8, 4) is 23.3 Å². The molecule has 4 aromatic rings. The van der Waals surface area contributed by atoms with E-state index in [9.17, 15) is 19.2 Å². The Labute approximate surface area is 179 Å². The first-order chi connectivity index (χ1) is 15.3. The van der Waals surface area contributed by atoms with Crippen molar-refractivity contribution in [2.24, 2.45) is 11.5 Å². The highest BCUT2D eigenvalue weighted by atomic mass is 16.5. The van der Waals surface area contributed by atoms with Gasteiger partial charge in [-0.25, -0.2) is 9.59 Å². The molecule has 2 aromatic heterocycles. The zero-order valence-electron chi connectivity index (χ0n) is 16.2. The van der Waals surface area contributed by atoms with Crippen molar-refractivity contribution in [1.82, 2.24) is 9.97 Å². The van der Waals surface area contributed by atoms with E-state index >= 15 is 0 Å². The number of rotatable bonds is 4. The number of hydrogen-bond donors (Lipinski definition) is 4. The van der Waals surface area contributed by atoms with Crippen LogP contribution in [0, 0.1) is 11.8 Å². The van der Waals surface area contributed by atoms with Gasteiger partial charge in [-0.3, -0.25) is 9.59 Å². The molecule has 0 aliphatic heterocycles. The van der Waals surface area contributed by atoms with Crippen LogP contribution in [0.5, 0.6) is 11.5 Å². The molecule has 0 saturated heterocycles. The van der Waals surface area contributed by atoms with E-state index < -0.39 is 23.8 Å². The van der Waals surface area contributed by atoms with Gasteiger partial charge in [0.1, 0.15) is 0 Å². The Hall–Kier alpha value is -5.04. The average Bonchev–Trinajstić information content (AvgIpc) is 3.36. The molecule has 10 heteroatoms. The molecule has 2 aromatic carbocycles. The number of carbonyl (C=O) groups excluding carboxylic acids is 4. The number of benzene rings is 2. The fourth-order valence-electron chi connectivity index (χ4n) is 3.19. The summed E-state index contributed by atoms with van der Waals surface area (Å²) >= 11 is 0. The van der Waals surface area contributed by atoms with Crippen LogP contribution in [0.2, 0.25) is 0 Å². The molecule has 0 spiro atoms. The predicted octanol–water partition coefficient (Wildman–Crippen LogP) is 1.36. The van der Waals surface area contributed by atoms with Gasteiger partial charge in [0.05, 0.1) is 22.2 Å². The molecule has 4 rings (SSSR count). The second kappa shape index (κ2) is 8.00. The third kappa shape index (κ3) is 3.73. The van der Waals surface area contributed by atoms with Crippen LogP contribution in [0.3, 0.4) is 0 Å². The first kappa shape index (κ1) is 20.2. The third-order valence-corrected chi connectivity index (χ3v) is 4.56. The molecule has 10 nitrogen and oxygen atoms in total. The Balaban J connectivity index is 1.49. The Bertz CT molecular complexity index is 1370. The smallest absolute Gasteiger partial charge is 0.390 e. The van der Waals surface area contributed by atoms with E-state index in [-0.39, 0.29) is 22.6 Å². The number of H-pyrrole nitrogens is 2. The number of carbonyl (C=O) groups is 4. The topological polar surface area (TPSA) is 170 Å². The molecule has 0 bridgehead atoms. The molecule has 32 heavy (non-hydrogen) atoms. The van der Waals surface area contributed by atoms with Gasteiger partial charge in [0.15, 0.2) is 11.5 Å². The monoisotopic (exact) mass is 430 g/mol. The van der Waals surface area contributed by atoms with Crippen LogP contribution in [-0.2, 0) is 9.59 Å². The molecule has 2 heterocycles. The summed E-state index contributed by atoms with van der Waals surface area (Å²) in [5.41, 5.74) is 11.9. The quantitative estimate of drug-likeness (QED) is 0.216. The lowest BCUT2D eigenvalue weighted by Crippen LogP contribution is -2.11. The zero-order valence-corrected chi connectivity index (χ0v) is 16.2. The molecular formula is C22H14N4O6. The highest BCUT2D eigenvalue weighted by Gasteiger charge is 2.15. The van der Waals surface area contributed by atoms with Crippen LogP contribution in [0.15, 0.2) is 48.8 Å². The van der Waals surface area contributed by atoms with Gasteiger partial charge >= 0.3 is 11.9 Å². The van der Waals surface area contributed by atoms with Crippen LogP contribution in [-0.4, -0.2) is 33.7 Å². The van der Waals surface area contributed by atoms with E-state index in [1.807, 2.05) is 11.8 Å². The predicted molar refractivity (Wildman–Crippen MR) is 113 cm³/mol. The van der Waals surface area contributed by atoms with Crippen LogP contribution in [0.25, 0.3) is 21.8 Å². The summed E-state index contributed by atoms with van der Waals surface area (Å²) in [5.74, 6) is 1.00. The van der Waals surface area contributed by atoms with Crippen LogP contribution >= 0.6 is 0 Å². The molecule has 0 radical (unpaired) electrons. The zero-order chi connectivity index (χ0) is 22.8. The van der Waals surface area contributed by atoms with Gasteiger partial charge in [0.2, 0.25) is 0 Å². The summed E-state index contributed by atoms with van der Waals surface area (Å²) < 4.78 is 10.3. The first-order valence-electron chi connectivity index (χ1n) is 9.10. The summed E-state index contributed by atoms with van der Waals surface area (Å²) in [6.45, 7) is 0. The number of aromatic nitrogens is 2. The van der Waals surface area contributed by atoms with Crippen molar-refractivity contribution in [2.45, 2.75) is 0 Å². The standard InChI is InChI=1S/C22H14N4O6/c23-21(29)13-5-1-3-11-15(9-25-19(11)13)31-17(27)7-8-18(28)32-16-10-26-20-12(16)4-2-6-14(20)22(24)30/h1-6,9-10,25-26H,(H2,23,29)(H2,24,30). The Kier molecular flexibility index (Phi) is 5.06. The summed E-state index contributed by atoms with van der Waals surface area (Å²) in [6.07, 6.45) is 2.74. The summed E-state index contributed by atoms with van der Waals surface area (Å²) in [7, 11) is 0. The van der Waals surface area contributed by atoms with E-state index in [0.717, 1.165) is 0 Å². The average molecular weight is 430 g/mol. The van der Waals surface area contributed by atoms with Crippen molar-refractivity contribution in [3.63, 3.8) is 0 Å². The minimum atomic E-state index is -1.01. The van der Waals surface area contributed by atoms with Crippen molar-refractivity contribution in [2.75, 3.05) is 0 Å². The maximum absolute atomic E-state index is 12.0. The van der Waals surface area contributed by atoms with Crippen molar-refractivity contribution in [1.29, 1.82) is 0 Å². The SMILES string of the molecule is NC(=O)c1cccc2c(OC(=O)C#CC(=O)Oc3c[nH]c4c(C(N)=O)cccc34)c[nH]c12.